The summed E-state index contributed by atoms with van der Waals surface area (Å²) in [7, 11) is 3.35. The van der Waals surface area contributed by atoms with E-state index in [-0.39, 0.29) is 6.10 Å². The predicted octanol–water partition coefficient (Wildman–Crippen LogP) is 2.85. The molecular formula is C19H25N3O3. The molecule has 1 aromatic carbocycles. The van der Waals surface area contributed by atoms with Crippen LogP contribution in [0.25, 0.3) is 0 Å². The molecule has 0 spiro atoms. The highest BCUT2D eigenvalue weighted by Gasteiger charge is 2.21. The van der Waals surface area contributed by atoms with Gasteiger partial charge < -0.3 is 14.2 Å². The Bertz CT molecular complexity index is 661. The monoisotopic (exact) mass is 343 g/mol. The van der Waals surface area contributed by atoms with Crippen molar-refractivity contribution in [1.29, 1.82) is 0 Å². The summed E-state index contributed by atoms with van der Waals surface area (Å²) in [4.78, 5) is 10.9. The van der Waals surface area contributed by atoms with E-state index < -0.39 is 0 Å². The number of aromatic nitrogens is 2. The molecule has 0 radical (unpaired) electrons. The van der Waals surface area contributed by atoms with Gasteiger partial charge in [-0.1, -0.05) is 0 Å². The maximum atomic E-state index is 5.89. The van der Waals surface area contributed by atoms with Crippen LogP contribution < -0.4 is 14.2 Å². The Morgan fingerprint density at radius 3 is 2.16 bits per heavy atom. The first-order chi connectivity index (χ1) is 12.2. The van der Waals surface area contributed by atoms with Crippen LogP contribution in [0.2, 0.25) is 0 Å². The Morgan fingerprint density at radius 2 is 1.60 bits per heavy atom. The fraction of sp³-hybridized carbons (Fsp3) is 0.474. The highest BCUT2D eigenvalue weighted by Crippen LogP contribution is 2.25. The maximum absolute atomic E-state index is 5.89. The molecule has 6 nitrogen and oxygen atoms in total. The van der Waals surface area contributed by atoms with Gasteiger partial charge in [0.2, 0.25) is 0 Å². The summed E-state index contributed by atoms with van der Waals surface area (Å²) in [5, 5.41) is 0. The van der Waals surface area contributed by atoms with Crippen molar-refractivity contribution in [2.45, 2.75) is 32.4 Å². The van der Waals surface area contributed by atoms with E-state index in [9.17, 15) is 0 Å². The summed E-state index contributed by atoms with van der Waals surface area (Å²) in [6.07, 6.45) is 5.69. The topological polar surface area (TPSA) is 56.7 Å². The van der Waals surface area contributed by atoms with E-state index in [0.29, 0.717) is 6.01 Å². The van der Waals surface area contributed by atoms with Crippen molar-refractivity contribution in [3.05, 3.63) is 41.7 Å². The molecule has 0 unspecified atom stereocenters. The first-order valence-corrected chi connectivity index (χ1v) is 8.56. The highest BCUT2D eigenvalue weighted by molar-refractivity contribution is 5.38. The molecule has 1 aliphatic rings. The largest absolute Gasteiger partial charge is 0.497 e. The average molecular weight is 343 g/mol. The Labute approximate surface area is 148 Å². The van der Waals surface area contributed by atoms with Gasteiger partial charge in [-0.3, -0.25) is 4.90 Å². The fourth-order valence-corrected chi connectivity index (χ4v) is 2.99. The summed E-state index contributed by atoms with van der Waals surface area (Å²) in [5.41, 5.74) is 2.23. The van der Waals surface area contributed by atoms with E-state index in [1.54, 1.807) is 26.6 Å². The van der Waals surface area contributed by atoms with E-state index in [1.807, 2.05) is 13.0 Å². The van der Waals surface area contributed by atoms with Gasteiger partial charge in [-0.15, -0.1) is 0 Å². The zero-order chi connectivity index (χ0) is 17.6. The van der Waals surface area contributed by atoms with Crippen LogP contribution in [-0.2, 0) is 6.54 Å². The summed E-state index contributed by atoms with van der Waals surface area (Å²) in [5.74, 6) is 1.65. The van der Waals surface area contributed by atoms with Crippen LogP contribution in [0.15, 0.2) is 30.6 Å². The van der Waals surface area contributed by atoms with E-state index in [4.69, 9.17) is 14.2 Å². The van der Waals surface area contributed by atoms with E-state index >= 15 is 0 Å². The van der Waals surface area contributed by atoms with Crippen molar-refractivity contribution in [3.63, 3.8) is 0 Å². The minimum absolute atomic E-state index is 0.179. The molecule has 0 saturated carbocycles. The number of piperidine rings is 1. The standard InChI is InChI=1S/C19H25N3O3/c1-14-11-20-19(21-12-14)25-16-4-6-22(7-5-16)13-15-8-17(23-2)10-18(9-15)24-3/h8-12,16H,4-7,13H2,1-3H3. The Morgan fingerprint density at radius 1 is 1.00 bits per heavy atom. The molecule has 0 N–H and O–H groups in total. The molecule has 25 heavy (non-hydrogen) atoms. The normalized spacial score (nSPS) is 15.8. The van der Waals surface area contributed by atoms with Crippen molar-refractivity contribution in [2.75, 3.05) is 27.3 Å². The van der Waals surface area contributed by atoms with E-state index in [0.717, 1.165) is 49.5 Å². The summed E-state index contributed by atoms with van der Waals surface area (Å²) in [6.45, 7) is 4.81. The van der Waals surface area contributed by atoms with Crippen LogP contribution in [-0.4, -0.2) is 48.3 Å². The Hall–Kier alpha value is -2.34. The number of nitrogens with zero attached hydrogens (tertiary/aromatic N) is 3. The molecule has 0 amide bonds. The maximum Gasteiger partial charge on any atom is 0.316 e. The second-order valence-electron chi connectivity index (χ2n) is 6.36. The number of aryl methyl sites for hydroxylation is 1. The lowest BCUT2D eigenvalue weighted by Gasteiger charge is -2.31. The smallest absolute Gasteiger partial charge is 0.316 e. The minimum Gasteiger partial charge on any atom is -0.497 e. The second kappa shape index (κ2) is 8.16. The number of likely N-dealkylation sites (tertiary alicyclic amines) is 1. The van der Waals surface area contributed by atoms with Crippen LogP contribution in [0.5, 0.6) is 17.5 Å². The molecule has 134 valence electrons. The van der Waals surface area contributed by atoms with Crippen molar-refractivity contribution < 1.29 is 14.2 Å². The first kappa shape index (κ1) is 17.5. The van der Waals surface area contributed by atoms with Gasteiger partial charge in [0.25, 0.3) is 0 Å². The molecule has 0 bridgehead atoms. The van der Waals surface area contributed by atoms with Crippen molar-refractivity contribution in [1.82, 2.24) is 14.9 Å². The van der Waals surface area contributed by atoms with Gasteiger partial charge in [-0.2, -0.15) is 0 Å². The second-order valence-corrected chi connectivity index (χ2v) is 6.36. The quantitative estimate of drug-likeness (QED) is 0.804. The van der Waals surface area contributed by atoms with E-state index in [1.165, 1.54) is 5.56 Å². The Kier molecular flexibility index (Phi) is 5.71. The first-order valence-electron chi connectivity index (χ1n) is 8.56. The molecule has 1 aromatic heterocycles. The summed E-state index contributed by atoms with van der Waals surface area (Å²) >= 11 is 0. The lowest BCUT2D eigenvalue weighted by atomic mass is 10.1. The van der Waals surface area contributed by atoms with Gasteiger partial charge in [0.1, 0.15) is 17.6 Å². The van der Waals surface area contributed by atoms with Gasteiger partial charge in [0.15, 0.2) is 0 Å². The van der Waals surface area contributed by atoms with Gasteiger partial charge in [0.05, 0.1) is 14.2 Å². The molecule has 0 aliphatic carbocycles. The fourth-order valence-electron chi connectivity index (χ4n) is 2.99. The van der Waals surface area contributed by atoms with Crippen LogP contribution in [0.4, 0.5) is 0 Å². The molecule has 2 aromatic rings. The zero-order valence-electron chi connectivity index (χ0n) is 15.1. The van der Waals surface area contributed by atoms with Gasteiger partial charge in [-0.25, -0.2) is 9.97 Å². The molecule has 0 atom stereocenters. The third-order valence-electron chi connectivity index (χ3n) is 4.38. The van der Waals surface area contributed by atoms with Crippen LogP contribution in [0.1, 0.15) is 24.0 Å². The van der Waals surface area contributed by atoms with Gasteiger partial charge in [-0.05, 0) is 43.0 Å². The molecule has 1 fully saturated rings. The SMILES string of the molecule is COc1cc(CN2CCC(Oc3ncc(C)cn3)CC2)cc(OC)c1. The number of hydrogen-bond acceptors (Lipinski definition) is 6. The van der Waals surface area contributed by atoms with Crippen LogP contribution >= 0.6 is 0 Å². The Balaban J connectivity index is 1.53. The van der Waals surface area contributed by atoms with Crippen molar-refractivity contribution in [3.8, 4) is 17.5 Å². The van der Waals surface area contributed by atoms with Crippen LogP contribution in [0.3, 0.4) is 0 Å². The number of ether oxygens (including phenoxy) is 3. The highest BCUT2D eigenvalue weighted by atomic mass is 16.5. The van der Waals surface area contributed by atoms with Crippen LogP contribution in [0, 0.1) is 6.92 Å². The molecule has 3 rings (SSSR count). The molecule has 6 heteroatoms. The summed E-state index contributed by atoms with van der Waals surface area (Å²) < 4.78 is 16.6. The van der Waals surface area contributed by atoms with Gasteiger partial charge >= 0.3 is 6.01 Å². The summed E-state index contributed by atoms with van der Waals surface area (Å²) in [6, 6.07) is 6.49. The lowest BCUT2D eigenvalue weighted by molar-refractivity contribution is 0.0891. The third-order valence-corrected chi connectivity index (χ3v) is 4.38. The van der Waals surface area contributed by atoms with E-state index in [2.05, 4.69) is 27.0 Å². The molecular weight excluding hydrogens is 318 g/mol. The minimum atomic E-state index is 0.179. The average Bonchev–Trinajstić information content (AvgIpc) is 2.65. The van der Waals surface area contributed by atoms with Crippen molar-refractivity contribution >= 4 is 0 Å². The third kappa shape index (κ3) is 4.82. The molecule has 1 saturated heterocycles. The number of benzene rings is 1. The molecule has 1 aliphatic heterocycles. The number of methoxy groups -OCH3 is 2. The number of rotatable bonds is 6. The lowest BCUT2D eigenvalue weighted by Crippen LogP contribution is -2.38. The number of hydrogen-bond donors (Lipinski definition) is 0. The molecule has 2 heterocycles. The van der Waals surface area contributed by atoms with Crippen molar-refractivity contribution in [2.24, 2.45) is 0 Å². The van der Waals surface area contributed by atoms with Gasteiger partial charge in [0, 0.05) is 38.1 Å². The zero-order valence-corrected chi connectivity index (χ0v) is 15.1. The predicted molar refractivity (Wildman–Crippen MR) is 95.2 cm³/mol.